The number of amides is 1. The summed E-state index contributed by atoms with van der Waals surface area (Å²) in [5.74, 6) is -0.409. The van der Waals surface area contributed by atoms with Crippen molar-refractivity contribution in [1.29, 1.82) is 0 Å². The largest absolute Gasteiger partial charge is 0.480 e. The van der Waals surface area contributed by atoms with Crippen LogP contribution in [0, 0.1) is 5.92 Å². The molecular weight excluding hydrogens is 266 g/mol. The van der Waals surface area contributed by atoms with Gasteiger partial charge >= 0.3 is 5.97 Å². The molecule has 1 amide bonds. The summed E-state index contributed by atoms with van der Waals surface area (Å²) in [6, 6.07) is -0.759. The summed E-state index contributed by atoms with van der Waals surface area (Å²) in [6.45, 7) is 0. The summed E-state index contributed by atoms with van der Waals surface area (Å²) < 4.78 is 0. The highest BCUT2D eigenvalue weighted by molar-refractivity contribution is 8.00. The molecule has 0 radical (unpaired) electrons. The van der Waals surface area contributed by atoms with Crippen LogP contribution in [-0.4, -0.2) is 49.0 Å². The van der Waals surface area contributed by atoms with Gasteiger partial charge in [0, 0.05) is 18.1 Å². The Morgan fingerprint density at radius 2 is 2.16 bits per heavy atom. The molecule has 1 saturated carbocycles. The highest BCUT2D eigenvalue weighted by atomic mass is 32.2. The van der Waals surface area contributed by atoms with E-state index in [1.165, 1.54) is 23.5 Å². The third-order valence-corrected chi connectivity index (χ3v) is 4.82. The molecule has 1 aromatic heterocycles. The zero-order chi connectivity index (χ0) is 13.4. The molecule has 3 rings (SSSR count). The van der Waals surface area contributed by atoms with Gasteiger partial charge in [0.25, 0.3) is 5.91 Å². The van der Waals surface area contributed by atoms with Gasteiger partial charge in [0.05, 0.1) is 11.6 Å². The molecule has 2 fully saturated rings. The smallest absolute Gasteiger partial charge is 0.327 e. The zero-order valence-corrected chi connectivity index (χ0v) is 10.9. The van der Waals surface area contributed by atoms with Crippen LogP contribution in [0.15, 0.2) is 18.6 Å². The van der Waals surface area contributed by atoms with Crippen LogP contribution < -0.4 is 0 Å². The standard InChI is InChI=1S/C12H13N3O3S/c16-10(8-5-13-3-4-14-8)15-9(12(17)18)6-19-11(15)7-1-2-7/h3-5,7,9,11H,1-2,6H2,(H,17,18). The first-order valence-corrected chi connectivity index (χ1v) is 7.16. The molecule has 0 bridgehead atoms. The minimum atomic E-state index is -0.951. The summed E-state index contributed by atoms with van der Waals surface area (Å²) in [7, 11) is 0. The lowest BCUT2D eigenvalue weighted by atomic mass is 10.2. The van der Waals surface area contributed by atoms with E-state index in [9.17, 15) is 14.7 Å². The van der Waals surface area contributed by atoms with Gasteiger partial charge in [0.1, 0.15) is 11.7 Å². The Balaban J connectivity index is 1.89. The van der Waals surface area contributed by atoms with Crippen LogP contribution >= 0.6 is 11.8 Å². The zero-order valence-electron chi connectivity index (χ0n) is 10.1. The number of rotatable bonds is 3. The van der Waals surface area contributed by atoms with Crippen molar-refractivity contribution in [3.63, 3.8) is 0 Å². The van der Waals surface area contributed by atoms with E-state index in [-0.39, 0.29) is 17.0 Å². The van der Waals surface area contributed by atoms with E-state index in [0.717, 1.165) is 12.8 Å². The predicted octanol–water partition coefficient (Wildman–Crippen LogP) is 0.855. The molecule has 0 spiro atoms. The van der Waals surface area contributed by atoms with Crippen molar-refractivity contribution < 1.29 is 14.7 Å². The quantitative estimate of drug-likeness (QED) is 0.883. The fourth-order valence-electron chi connectivity index (χ4n) is 2.26. The van der Waals surface area contributed by atoms with Crippen LogP contribution in [0.4, 0.5) is 0 Å². The first-order valence-electron chi connectivity index (χ1n) is 6.11. The highest BCUT2D eigenvalue weighted by Crippen LogP contribution is 2.45. The molecule has 1 aliphatic carbocycles. The molecule has 7 heteroatoms. The van der Waals surface area contributed by atoms with E-state index >= 15 is 0 Å². The second-order valence-electron chi connectivity index (χ2n) is 4.72. The lowest BCUT2D eigenvalue weighted by Gasteiger charge is -2.26. The van der Waals surface area contributed by atoms with Crippen molar-refractivity contribution in [2.75, 3.05) is 5.75 Å². The van der Waals surface area contributed by atoms with Crippen LogP contribution in [0.3, 0.4) is 0 Å². The minimum Gasteiger partial charge on any atom is -0.480 e. The van der Waals surface area contributed by atoms with Gasteiger partial charge in [-0.1, -0.05) is 0 Å². The lowest BCUT2D eigenvalue weighted by Crippen LogP contribution is -2.46. The maximum Gasteiger partial charge on any atom is 0.327 e. The first-order chi connectivity index (χ1) is 9.18. The van der Waals surface area contributed by atoms with Gasteiger partial charge in [0.2, 0.25) is 0 Å². The number of carbonyl (C=O) groups is 2. The Morgan fingerprint density at radius 1 is 1.37 bits per heavy atom. The second kappa shape index (κ2) is 4.80. The van der Waals surface area contributed by atoms with Crippen LogP contribution in [0.25, 0.3) is 0 Å². The van der Waals surface area contributed by atoms with Gasteiger partial charge in [-0.25, -0.2) is 9.78 Å². The van der Waals surface area contributed by atoms with E-state index in [4.69, 9.17) is 0 Å². The Bertz CT molecular complexity index is 506. The SMILES string of the molecule is O=C(O)C1CSC(C2CC2)N1C(=O)c1cnccn1. The molecule has 19 heavy (non-hydrogen) atoms. The average Bonchev–Trinajstić information content (AvgIpc) is 3.17. The van der Waals surface area contributed by atoms with Crippen LogP contribution in [0.1, 0.15) is 23.3 Å². The number of hydrogen-bond donors (Lipinski definition) is 1. The van der Waals surface area contributed by atoms with Gasteiger partial charge in [-0.3, -0.25) is 9.78 Å². The number of aromatic nitrogens is 2. The van der Waals surface area contributed by atoms with Crippen LogP contribution in [0.5, 0.6) is 0 Å². The van der Waals surface area contributed by atoms with Gasteiger partial charge < -0.3 is 10.0 Å². The minimum absolute atomic E-state index is 0.0318. The van der Waals surface area contributed by atoms with E-state index in [1.807, 2.05) is 0 Å². The van der Waals surface area contributed by atoms with E-state index in [1.54, 1.807) is 11.8 Å². The molecule has 6 nitrogen and oxygen atoms in total. The molecule has 1 aromatic rings. The molecule has 2 unspecified atom stereocenters. The number of carbonyl (C=O) groups excluding carboxylic acids is 1. The summed E-state index contributed by atoms with van der Waals surface area (Å²) in [6.07, 6.45) is 6.44. The fraction of sp³-hybridized carbons (Fsp3) is 0.500. The number of nitrogens with zero attached hydrogens (tertiary/aromatic N) is 3. The topological polar surface area (TPSA) is 83.4 Å². The Kier molecular flexibility index (Phi) is 3.14. The summed E-state index contributed by atoms with van der Waals surface area (Å²) in [5.41, 5.74) is 0.210. The summed E-state index contributed by atoms with van der Waals surface area (Å²) >= 11 is 1.56. The Labute approximate surface area is 114 Å². The average molecular weight is 279 g/mol. The summed E-state index contributed by atoms with van der Waals surface area (Å²) in [5, 5.41) is 9.22. The van der Waals surface area contributed by atoms with Gasteiger partial charge in [-0.15, -0.1) is 11.8 Å². The van der Waals surface area contributed by atoms with Gasteiger partial charge in [0.15, 0.2) is 0 Å². The van der Waals surface area contributed by atoms with Crippen molar-refractivity contribution in [2.24, 2.45) is 5.92 Å². The van der Waals surface area contributed by atoms with Gasteiger partial charge in [-0.2, -0.15) is 0 Å². The normalized spacial score (nSPS) is 26.4. The molecule has 1 aliphatic heterocycles. The molecule has 100 valence electrons. The Morgan fingerprint density at radius 3 is 2.74 bits per heavy atom. The third-order valence-electron chi connectivity index (χ3n) is 3.36. The number of hydrogen-bond acceptors (Lipinski definition) is 5. The van der Waals surface area contributed by atoms with Crippen molar-refractivity contribution in [2.45, 2.75) is 24.3 Å². The molecule has 2 aliphatic rings. The van der Waals surface area contributed by atoms with Crippen molar-refractivity contribution in [1.82, 2.24) is 14.9 Å². The summed E-state index contributed by atoms with van der Waals surface area (Å²) in [4.78, 5) is 33.1. The number of thioether (sulfide) groups is 1. The molecule has 2 heterocycles. The van der Waals surface area contributed by atoms with E-state index < -0.39 is 12.0 Å². The number of carboxylic acid groups (broad SMARTS) is 1. The third kappa shape index (κ3) is 2.30. The van der Waals surface area contributed by atoms with Crippen molar-refractivity contribution in [3.05, 3.63) is 24.3 Å². The molecule has 0 aromatic carbocycles. The molecule has 1 saturated heterocycles. The van der Waals surface area contributed by atoms with Crippen molar-refractivity contribution >= 4 is 23.6 Å². The lowest BCUT2D eigenvalue weighted by molar-refractivity contribution is -0.141. The first kappa shape index (κ1) is 12.4. The van der Waals surface area contributed by atoms with E-state index in [2.05, 4.69) is 9.97 Å². The van der Waals surface area contributed by atoms with Crippen LogP contribution in [0.2, 0.25) is 0 Å². The molecule has 1 N–H and O–H groups in total. The second-order valence-corrected chi connectivity index (χ2v) is 5.87. The molecular formula is C12H13N3O3S. The Hall–Kier alpha value is -1.63. The monoisotopic (exact) mass is 279 g/mol. The van der Waals surface area contributed by atoms with Gasteiger partial charge in [-0.05, 0) is 18.8 Å². The van der Waals surface area contributed by atoms with Crippen molar-refractivity contribution in [3.8, 4) is 0 Å². The fourth-order valence-corrected chi connectivity index (χ4v) is 3.89. The number of carboxylic acids is 1. The maximum atomic E-state index is 12.5. The number of aliphatic carboxylic acids is 1. The van der Waals surface area contributed by atoms with E-state index in [0.29, 0.717) is 11.7 Å². The predicted molar refractivity (Wildman–Crippen MR) is 68.6 cm³/mol. The van der Waals surface area contributed by atoms with Crippen LogP contribution in [-0.2, 0) is 4.79 Å². The molecule has 2 atom stereocenters. The maximum absolute atomic E-state index is 12.5. The highest BCUT2D eigenvalue weighted by Gasteiger charge is 2.48.